The van der Waals surface area contributed by atoms with Gasteiger partial charge in [-0.2, -0.15) is 0 Å². The Bertz CT molecular complexity index is 615. The highest BCUT2D eigenvalue weighted by Gasteiger charge is 2.21. The highest BCUT2D eigenvalue weighted by Crippen LogP contribution is 2.32. The van der Waals surface area contributed by atoms with Gasteiger partial charge in [-0.05, 0) is 49.4 Å². The van der Waals surface area contributed by atoms with Crippen molar-refractivity contribution >= 4 is 17.1 Å². The van der Waals surface area contributed by atoms with Crippen molar-refractivity contribution in [1.82, 2.24) is 0 Å². The van der Waals surface area contributed by atoms with Gasteiger partial charge >= 0.3 is 0 Å². The van der Waals surface area contributed by atoms with E-state index in [0.717, 1.165) is 29.0 Å². The maximum atomic E-state index is 12.1. The minimum absolute atomic E-state index is 0.0740. The van der Waals surface area contributed by atoms with Crippen molar-refractivity contribution in [2.24, 2.45) is 0 Å². The molecular weight excluding hydrogens is 268 g/mol. The lowest BCUT2D eigenvalue weighted by Crippen LogP contribution is -2.16. The minimum atomic E-state index is 0.0740. The van der Waals surface area contributed by atoms with Crippen LogP contribution in [0, 0.1) is 6.92 Å². The first kappa shape index (κ1) is 13.5. The van der Waals surface area contributed by atoms with E-state index >= 15 is 0 Å². The lowest BCUT2D eigenvalue weighted by molar-refractivity contribution is 0.0374. The lowest BCUT2D eigenvalue weighted by atomic mass is 9.89. The summed E-state index contributed by atoms with van der Waals surface area (Å²) in [6.07, 6.45) is 3.33. The van der Waals surface area contributed by atoms with Gasteiger partial charge in [0.25, 0.3) is 0 Å². The first-order valence-corrected chi connectivity index (χ1v) is 7.85. The van der Waals surface area contributed by atoms with Gasteiger partial charge < -0.3 is 4.74 Å². The molecule has 0 saturated carbocycles. The Balaban J connectivity index is 1.66. The van der Waals surface area contributed by atoms with E-state index in [2.05, 4.69) is 18.2 Å². The fraction of sp³-hybridized carbons (Fsp3) is 0.353. The third kappa shape index (κ3) is 2.84. The highest BCUT2D eigenvalue weighted by atomic mass is 32.1. The SMILES string of the molecule is Cc1ccc(C(=O)COC2CCCc3ccccc32)s1. The molecule has 1 atom stereocenters. The molecule has 1 aliphatic carbocycles. The molecule has 20 heavy (non-hydrogen) atoms. The van der Waals surface area contributed by atoms with Crippen LogP contribution in [-0.2, 0) is 11.2 Å². The zero-order valence-corrected chi connectivity index (χ0v) is 12.4. The fourth-order valence-corrected chi connectivity index (χ4v) is 3.51. The minimum Gasteiger partial charge on any atom is -0.365 e. The van der Waals surface area contributed by atoms with E-state index in [4.69, 9.17) is 4.74 Å². The largest absolute Gasteiger partial charge is 0.365 e. The van der Waals surface area contributed by atoms with Gasteiger partial charge in [-0.25, -0.2) is 0 Å². The van der Waals surface area contributed by atoms with Crippen LogP contribution in [0.15, 0.2) is 36.4 Å². The Kier molecular flexibility index (Phi) is 3.99. The second-order valence-electron chi connectivity index (χ2n) is 5.22. The second kappa shape index (κ2) is 5.90. The summed E-state index contributed by atoms with van der Waals surface area (Å²) in [7, 11) is 0. The van der Waals surface area contributed by atoms with Crippen LogP contribution in [0.5, 0.6) is 0 Å². The number of ketones is 1. The van der Waals surface area contributed by atoms with E-state index in [1.54, 1.807) is 0 Å². The van der Waals surface area contributed by atoms with E-state index in [0.29, 0.717) is 0 Å². The predicted molar refractivity (Wildman–Crippen MR) is 81.5 cm³/mol. The second-order valence-corrected chi connectivity index (χ2v) is 6.51. The molecule has 3 rings (SSSR count). The lowest BCUT2D eigenvalue weighted by Gasteiger charge is -2.25. The first-order valence-electron chi connectivity index (χ1n) is 7.03. The van der Waals surface area contributed by atoms with Gasteiger partial charge in [0.2, 0.25) is 0 Å². The number of rotatable bonds is 4. The number of thiophene rings is 1. The van der Waals surface area contributed by atoms with Crippen molar-refractivity contribution < 1.29 is 9.53 Å². The van der Waals surface area contributed by atoms with Crippen molar-refractivity contribution in [3.8, 4) is 0 Å². The summed E-state index contributed by atoms with van der Waals surface area (Å²) in [6, 6.07) is 12.3. The Morgan fingerprint density at radius 3 is 2.95 bits per heavy atom. The molecule has 1 heterocycles. The van der Waals surface area contributed by atoms with Crippen LogP contribution >= 0.6 is 11.3 Å². The molecular formula is C17H18O2S. The van der Waals surface area contributed by atoms with Gasteiger partial charge in [0, 0.05) is 4.88 Å². The average Bonchev–Trinajstić information content (AvgIpc) is 2.91. The summed E-state index contributed by atoms with van der Waals surface area (Å²) in [5.41, 5.74) is 2.62. The molecule has 0 aliphatic heterocycles. The zero-order chi connectivity index (χ0) is 13.9. The molecule has 104 valence electrons. The summed E-state index contributed by atoms with van der Waals surface area (Å²) >= 11 is 1.54. The summed E-state index contributed by atoms with van der Waals surface area (Å²) in [6.45, 7) is 2.19. The molecule has 0 saturated heterocycles. The molecule has 0 fully saturated rings. The number of Topliss-reactive ketones (excluding diaryl/α,β-unsaturated/α-hetero) is 1. The number of carbonyl (C=O) groups is 1. The van der Waals surface area contributed by atoms with Crippen molar-refractivity contribution in [3.63, 3.8) is 0 Å². The van der Waals surface area contributed by atoms with Gasteiger partial charge in [0.15, 0.2) is 5.78 Å². The summed E-state index contributed by atoms with van der Waals surface area (Å²) in [5.74, 6) is 0.0890. The molecule has 1 aromatic carbocycles. The molecule has 0 radical (unpaired) electrons. The third-order valence-electron chi connectivity index (χ3n) is 3.75. The molecule has 0 bridgehead atoms. The monoisotopic (exact) mass is 286 g/mol. The van der Waals surface area contributed by atoms with Gasteiger partial charge in [-0.3, -0.25) is 4.79 Å². The molecule has 1 aliphatic rings. The topological polar surface area (TPSA) is 26.3 Å². The van der Waals surface area contributed by atoms with Crippen molar-refractivity contribution in [3.05, 3.63) is 57.3 Å². The molecule has 1 aromatic heterocycles. The van der Waals surface area contributed by atoms with Gasteiger partial charge in [-0.1, -0.05) is 24.3 Å². The van der Waals surface area contributed by atoms with Crippen molar-refractivity contribution in [2.45, 2.75) is 32.3 Å². The van der Waals surface area contributed by atoms with E-state index in [-0.39, 0.29) is 18.5 Å². The predicted octanol–water partition coefficient (Wildman–Crippen LogP) is 4.33. The standard InChI is InChI=1S/C17H18O2S/c1-12-9-10-17(20-12)15(18)11-19-16-8-4-6-13-5-2-3-7-14(13)16/h2-3,5,7,9-10,16H,4,6,8,11H2,1H3. The highest BCUT2D eigenvalue weighted by molar-refractivity contribution is 7.14. The number of benzene rings is 1. The molecule has 0 N–H and O–H groups in total. The van der Waals surface area contributed by atoms with Crippen LogP contribution in [-0.4, -0.2) is 12.4 Å². The quantitative estimate of drug-likeness (QED) is 0.782. The third-order valence-corrected chi connectivity index (χ3v) is 4.79. The molecule has 1 unspecified atom stereocenters. The maximum absolute atomic E-state index is 12.1. The molecule has 0 spiro atoms. The van der Waals surface area contributed by atoms with Crippen LogP contribution in [0.4, 0.5) is 0 Å². The van der Waals surface area contributed by atoms with E-state index < -0.39 is 0 Å². The molecule has 3 heteroatoms. The van der Waals surface area contributed by atoms with E-state index in [1.165, 1.54) is 22.5 Å². The molecule has 2 aromatic rings. The normalized spacial score (nSPS) is 17.8. The average molecular weight is 286 g/mol. The fourth-order valence-electron chi connectivity index (χ4n) is 2.71. The number of hydrogen-bond donors (Lipinski definition) is 0. The summed E-state index contributed by atoms with van der Waals surface area (Å²) < 4.78 is 5.89. The molecule has 2 nitrogen and oxygen atoms in total. The Hall–Kier alpha value is -1.45. The van der Waals surface area contributed by atoms with Crippen LogP contribution in [0.25, 0.3) is 0 Å². The van der Waals surface area contributed by atoms with Gasteiger partial charge in [0.1, 0.15) is 6.61 Å². The van der Waals surface area contributed by atoms with Gasteiger partial charge in [0.05, 0.1) is 11.0 Å². The number of ether oxygens (including phenoxy) is 1. The molecule has 0 amide bonds. The number of fused-ring (bicyclic) bond motifs is 1. The van der Waals surface area contributed by atoms with Crippen molar-refractivity contribution in [2.75, 3.05) is 6.61 Å². The van der Waals surface area contributed by atoms with Crippen LogP contribution in [0.3, 0.4) is 0 Å². The Morgan fingerprint density at radius 1 is 1.30 bits per heavy atom. The smallest absolute Gasteiger partial charge is 0.198 e. The Labute approximate surface area is 123 Å². The number of aryl methyl sites for hydroxylation is 2. The van der Waals surface area contributed by atoms with Crippen LogP contribution in [0.2, 0.25) is 0 Å². The van der Waals surface area contributed by atoms with Crippen molar-refractivity contribution in [1.29, 1.82) is 0 Å². The van der Waals surface area contributed by atoms with Crippen LogP contribution < -0.4 is 0 Å². The zero-order valence-electron chi connectivity index (χ0n) is 11.6. The number of hydrogen-bond acceptors (Lipinski definition) is 3. The Morgan fingerprint density at radius 2 is 2.15 bits per heavy atom. The number of carbonyl (C=O) groups excluding carboxylic acids is 1. The summed E-state index contributed by atoms with van der Waals surface area (Å²) in [4.78, 5) is 14.1. The van der Waals surface area contributed by atoms with E-state index in [1.807, 2.05) is 25.1 Å². The van der Waals surface area contributed by atoms with Crippen LogP contribution in [0.1, 0.15) is 44.6 Å². The maximum Gasteiger partial charge on any atom is 0.198 e. The van der Waals surface area contributed by atoms with E-state index in [9.17, 15) is 4.79 Å². The van der Waals surface area contributed by atoms with Gasteiger partial charge in [-0.15, -0.1) is 11.3 Å². The summed E-state index contributed by atoms with van der Waals surface area (Å²) in [5, 5.41) is 0. The first-order chi connectivity index (χ1) is 9.74.